The van der Waals surface area contributed by atoms with Gasteiger partial charge >= 0.3 is 0 Å². The van der Waals surface area contributed by atoms with Crippen LogP contribution in [0, 0.1) is 5.41 Å². The average Bonchev–Trinajstić information content (AvgIpc) is 2.85. The van der Waals surface area contributed by atoms with E-state index in [1.807, 2.05) is 0 Å². The second kappa shape index (κ2) is 6.36. The summed E-state index contributed by atoms with van der Waals surface area (Å²) < 4.78 is 5.55. The first-order valence-corrected chi connectivity index (χ1v) is 7.74. The van der Waals surface area contributed by atoms with Crippen LogP contribution in [0.5, 0.6) is 0 Å². The van der Waals surface area contributed by atoms with E-state index in [-0.39, 0.29) is 0 Å². The lowest BCUT2D eigenvalue weighted by Gasteiger charge is -2.32. The van der Waals surface area contributed by atoms with Crippen molar-refractivity contribution in [2.45, 2.75) is 58.5 Å². The van der Waals surface area contributed by atoms with Gasteiger partial charge in [-0.25, -0.2) is 0 Å². The lowest BCUT2D eigenvalue weighted by atomic mass is 9.82. The third-order valence-corrected chi connectivity index (χ3v) is 5.22. The molecule has 2 heterocycles. The van der Waals surface area contributed by atoms with Gasteiger partial charge in [-0.2, -0.15) is 0 Å². The smallest absolute Gasteiger partial charge is 0.0620 e. The van der Waals surface area contributed by atoms with Crippen LogP contribution in [-0.2, 0) is 4.74 Å². The van der Waals surface area contributed by atoms with E-state index in [9.17, 15) is 0 Å². The van der Waals surface area contributed by atoms with Gasteiger partial charge in [0.2, 0.25) is 0 Å². The van der Waals surface area contributed by atoms with Crippen LogP contribution < -0.4 is 5.32 Å². The number of ether oxygens (including phenoxy) is 1. The molecule has 3 heteroatoms. The Hall–Kier alpha value is -0.120. The fraction of sp³-hybridized carbons (Fsp3) is 1.00. The highest BCUT2D eigenvalue weighted by molar-refractivity contribution is 4.91. The Bertz CT molecular complexity index is 247. The Kier molecular flexibility index (Phi) is 5.05. The minimum Gasteiger partial charge on any atom is -0.379 e. The molecule has 2 fully saturated rings. The van der Waals surface area contributed by atoms with E-state index >= 15 is 0 Å². The highest BCUT2D eigenvalue weighted by Crippen LogP contribution is 2.38. The summed E-state index contributed by atoms with van der Waals surface area (Å²) in [5.74, 6) is 0. The van der Waals surface area contributed by atoms with Gasteiger partial charge in [0.25, 0.3) is 0 Å². The Morgan fingerprint density at radius 2 is 2.17 bits per heavy atom. The quantitative estimate of drug-likeness (QED) is 0.814. The van der Waals surface area contributed by atoms with E-state index in [2.05, 4.69) is 31.0 Å². The number of morpholine rings is 1. The minimum atomic E-state index is 0.562. The second-order valence-electron chi connectivity index (χ2n) is 6.24. The first-order valence-electron chi connectivity index (χ1n) is 7.74. The largest absolute Gasteiger partial charge is 0.379 e. The van der Waals surface area contributed by atoms with Crippen molar-refractivity contribution in [3.8, 4) is 0 Å². The van der Waals surface area contributed by atoms with Crippen LogP contribution in [0.15, 0.2) is 0 Å². The minimum absolute atomic E-state index is 0.562. The van der Waals surface area contributed by atoms with Crippen LogP contribution >= 0.6 is 0 Å². The second-order valence-corrected chi connectivity index (χ2v) is 6.24. The molecule has 0 saturated carbocycles. The molecule has 0 radical (unpaired) electrons. The third-order valence-electron chi connectivity index (χ3n) is 5.22. The molecule has 0 aliphatic carbocycles. The molecular formula is C15H30N2O. The zero-order valence-corrected chi connectivity index (χ0v) is 12.4. The van der Waals surface area contributed by atoms with E-state index in [0.29, 0.717) is 17.5 Å². The first kappa shape index (κ1) is 14.3. The molecule has 0 aromatic heterocycles. The zero-order valence-electron chi connectivity index (χ0n) is 12.4. The molecule has 0 spiro atoms. The number of likely N-dealkylation sites (tertiary alicyclic amines) is 1. The van der Waals surface area contributed by atoms with Crippen molar-refractivity contribution in [3.63, 3.8) is 0 Å². The summed E-state index contributed by atoms with van der Waals surface area (Å²) in [4.78, 5) is 2.70. The van der Waals surface area contributed by atoms with Gasteiger partial charge in [0.15, 0.2) is 0 Å². The maximum atomic E-state index is 5.55. The summed E-state index contributed by atoms with van der Waals surface area (Å²) >= 11 is 0. The van der Waals surface area contributed by atoms with Crippen LogP contribution in [0.1, 0.15) is 46.5 Å². The van der Waals surface area contributed by atoms with Crippen molar-refractivity contribution in [1.82, 2.24) is 10.2 Å². The summed E-state index contributed by atoms with van der Waals surface area (Å²) in [6.45, 7) is 12.5. The van der Waals surface area contributed by atoms with E-state index in [4.69, 9.17) is 4.74 Å². The van der Waals surface area contributed by atoms with Crippen molar-refractivity contribution in [2.24, 2.45) is 5.41 Å². The number of nitrogens with zero attached hydrogens (tertiary/aromatic N) is 1. The molecule has 0 amide bonds. The highest BCUT2D eigenvalue weighted by Gasteiger charge is 2.37. The van der Waals surface area contributed by atoms with Gasteiger partial charge in [0, 0.05) is 25.2 Å². The van der Waals surface area contributed by atoms with E-state index in [1.165, 1.54) is 38.8 Å². The van der Waals surface area contributed by atoms with Gasteiger partial charge < -0.3 is 15.0 Å². The summed E-state index contributed by atoms with van der Waals surface area (Å²) in [6.07, 6.45) is 5.28. The normalized spacial score (nSPS) is 30.5. The van der Waals surface area contributed by atoms with E-state index in [1.54, 1.807) is 0 Å². The molecule has 2 saturated heterocycles. The van der Waals surface area contributed by atoms with Crippen molar-refractivity contribution in [3.05, 3.63) is 0 Å². The lowest BCUT2D eigenvalue weighted by molar-refractivity contribution is 0.0629. The van der Waals surface area contributed by atoms with Gasteiger partial charge in [-0.15, -0.1) is 0 Å². The van der Waals surface area contributed by atoms with E-state index in [0.717, 1.165) is 19.8 Å². The number of rotatable bonds is 5. The maximum Gasteiger partial charge on any atom is 0.0620 e. The first-order chi connectivity index (χ1) is 8.69. The van der Waals surface area contributed by atoms with Gasteiger partial charge in [-0.1, -0.05) is 13.8 Å². The molecule has 0 aromatic rings. The highest BCUT2D eigenvalue weighted by atomic mass is 16.5. The molecule has 2 aliphatic rings. The summed E-state index contributed by atoms with van der Waals surface area (Å²) in [5.41, 5.74) is 0.602. The van der Waals surface area contributed by atoms with Crippen LogP contribution in [0.3, 0.4) is 0 Å². The van der Waals surface area contributed by atoms with Crippen LogP contribution in [0.2, 0.25) is 0 Å². The molecule has 2 aliphatic heterocycles. The van der Waals surface area contributed by atoms with Crippen molar-refractivity contribution in [2.75, 3.05) is 32.8 Å². The fourth-order valence-corrected chi connectivity index (χ4v) is 3.51. The van der Waals surface area contributed by atoms with Crippen molar-refractivity contribution in [1.29, 1.82) is 0 Å². The zero-order chi connectivity index (χ0) is 13.0. The van der Waals surface area contributed by atoms with Crippen LogP contribution in [0.25, 0.3) is 0 Å². The Labute approximate surface area is 112 Å². The number of hydrogen-bond acceptors (Lipinski definition) is 3. The maximum absolute atomic E-state index is 5.55. The Morgan fingerprint density at radius 3 is 2.72 bits per heavy atom. The molecule has 106 valence electrons. The molecule has 0 aromatic carbocycles. The summed E-state index contributed by atoms with van der Waals surface area (Å²) in [5, 5.41) is 3.57. The lowest BCUT2D eigenvalue weighted by Crippen LogP contribution is -2.45. The standard InChI is InChI=1S/C15H30N2O/c1-4-15(5-2)6-8-17(12-15)13(3)10-14-11-18-9-7-16-14/h13-14,16H,4-12H2,1-3H3. The van der Waals surface area contributed by atoms with Crippen molar-refractivity contribution >= 4 is 0 Å². The average molecular weight is 254 g/mol. The molecule has 0 bridgehead atoms. The van der Waals surface area contributed by atoms with Crippen LogP contribution in [0.4, 0.5) is 0 Å². The molecular weight excluding hydrogens is 224 g/mol. The Balaban J connectivity index is 1.81. The van der Waals surface area contributed by atoms with Crippen LogP contribution in [-0.4, -0.2) is 49.8 Å². The molecule has 3 nitrogen and oxygen atoms in total. The molecule has 18 heavy (non-hydrogen) atoms. The monoisotopic (exact) mass is 254 g/mol. The molecule has 2 unspecified atom stereocenters. The predicted octanol–water partition coefficient (Wildman–Crippen LogP) is 2.27. The number of nitrogens with one attached hydrogen (secondary N) is 1. The van der Waals surface area contributed by atoms with Gasteiger partial charge in [0.05, 0.1) is 13.2 Å². The van der Waals surface area contributed by atoms with Gasteiger partial charge in [-0.3, -0.25) is 0 Å². The fourth-order valence-electron chi connectivity index (χ4n) is 3.51. The SMILES string of the molecule is CCC1(CC)CCN(C(C)CC2COCCN2)C1. The predicted molar refractivity (Wildman–Crippen MR) is 75.9 cm³/mol. The van der Waals surface area contributed by atoms with Gasteiger partial charge in [-0.05, 0) is 44.6 Å². The van der Waals surface area contributed by atoms with Crippen molar-refractivity contribution < 1.29 is 4.74 Å². The molecule has 2 rings (SSSR count). The molecule has 2 atom stereocenters. The third kappa shape index (κ3) is 3.25. The Morgan fingerprint density at radius 1 is 1.39 bits per heavy atom. The van der Waals surface area contributed by atoms with E-state index < -0.39 is 0 Å². The van der Waals surface area contributed by atoms with Gasteiger partial charge in [0.1, 0.15) is 0 Å². The number of hydrogen-bond donors (Lipinski definition) is 1. The summed E-state index contributed by atoms with van der Waals surface area (Å²) in [7, 11) is 0. The molecule has 1 N–H and O–H groups in total. The summed E-state index contributed by atoms with van der Waals surface area (Å²) in [6, 6.07) is 1.25. The topological polar surface area (TPSA) is 24.5 Å².